The molecule has 0 aliphatic heterocycles. The van der Waals surface area contributed by atoms with Crippen LogP contribution in [0.3, 0.4) is 0 Å². The van der Waals surface area contributed by atoms with Crippen LogP contribution in [0.1, 0.15) is 78.1 Å². The first-order valence-electron chi connectivity index (χ1n) is 7.56. The third-order valence-electron chi connectivity index (χ3n) is 3.23. The smallest absolute Gasteiger partial charge is 0.243 e. The second kappa shape index (κ2) is 12.5. The summed E-state index contributed by atoms with van der Waals surface area (Å²) in [5.41, 5.74) is 0. The lowest BCUT2D eigenvalue weighted by Gasteiger charge is -2.08. The summed E-state index contributed by atoms with van der Waals surface area (Å²) in [6.45, 7) is 3.83. The molecule has 0 radical (unpaired) electrons. The molecule has 0 saturated heterocycles. The summed E-state index contributed by atoms with van der Waals surface area (Å²) in [5, 5.41) is 2.07. The van der Waals surface area contributed by atoms with Crippen LogP contribution >= 0.6 is 11.6 Å². The summed E-state index contributed by atoms with van der Waals surface area (Å²) in [4.78, 5) is 22.2. The Hall–Kier alpha value is -0.570. The van der Waals surface area contributed by atoms with Crippen molar-refractivity contribution in [2.75, 3.05) is 0 Å². The highest BCUT2D eigenvalue weighted by atomic mass is 35.5. The first-order valence-corrected chi connectivity index (χ1v) is 7.94. The van der Waals surface area contributed by atoms with E-state index >= 15 is 0 Å². The van der Waals surface area contributed by atoms with Crippen molar-refractivity contribution in [3.63, 3.8) is 0 Å². The Morgan fingerprint density at radius 1 is 0.947 bits per heavy atom. The van der Waals surface area contributed by atoms with Crippen LogP contribution in [-0.2, 0) is 9.59 Å². The predicted octanol–water partition coefficient (Wildman–Crippen LogP) is 4.18. The van der Waals surface area contributed by atoms with Gasteiger partial charge in [0.25, 0.3) is 0 Å². The Labute approximate surface area is 122 Å². The van der Waals surface area contributed by atoms with E-state index < -0.39 is 11.3 Å². The molecule has 1 atom stereocenters. The molecule has 0 unspecified atom stereocenters. The molecule has 0 bridgehead atoms. The fourth-order valence-electron chi connectivity index (χ4n) is 1.97. The zero-order valence-electron chi connectivity index (χ0n) is 12.3. The first-order chi connectivity index (χ1) is 9.07. The minimum Gasteiger partial charge on any atom is -0.345 e. The average molecular weight is 290 g/mol. The molecule has 0 aromatic heterocycles. The van der Waals surface area contributed by atoms with Gasteiger partial charge in [-0.3, -0.25) is 9.59 Å². The molecule has 0 aromatic rings. The van der Waals surface area contributed by atoms with Crippen LogP contribution in [0, 0.1) is 0 Å². The summed E-state index contributed by atoms with van der Waals surface area (Å²) in [5.74, 6) is -0.0792. The lowest BCUT2D eigenvalue weighted by atomic mass is 10.1. The van der Waals surface area contributed by atoms with Crippen LogP contribution in [0.2, 0.25) is 0 Å². The van der Waals surface area contributed by atoms with Crippen LogP contribution in [0.25, 0.3) is 0 Å². The van der Waals surface area contributed by atoms with Crippen molar-refractivity contribution in [1.29, 1.82) is 0 Å². The Morgan fingerprint density at radius 2 is 1.42 bits per heavy atom. The van der Waals surface area contributed by atoms with Crippen LogP contribution in [-0.4, -0.2) is 17.2 Å². The molecule has 112 valence electrons. The molecule has 0 spiro atoms. The average Bonchev–Trinajstić information content (AvgIpc) is 2.36. The van der Waals surface area contributed by atoms with Gasteiger partial charge in [-0.25, -0.2) is 0 Å². The summed E-state index contributed by atoms with van der Waals surface area (Å²) >= 11 is 5.27. The summed E-state index contributed by atoms with van der Waals surface area (Å²) in [7, 11) is 0. The molecule has 19 heavy (non-hydrogen) atoms. The molecule has 0 aliphatic carbocycles. The van der Waals surface area contributed by atoms with Gasteiger partial charge in [-0.15, -0.1) is 0 Å². The van der Waals surface area contributed by atoms with Crippen molar-refractivity contribution >= 4 is 22.8 Å². The van der Waals surface area contributed by atoms with E-state index in [1.807, 2.05) is 0 Å². The van der Waals surface area contributed by atoms with Crippen molar-refractivity contribution in [3.8, 4) is 0 Å². The molecule has 0 aromatic carbocycles. The van der Waals surface area contributed by atoms with Gasteiger partial charge in [-0.2, -0.15) is 0 Å². The lowest BCUT2D eigenvalue weighted by molar-refractivity contribution is -0.124. The zero-order valence-corrected chi connectivity index (χ0v) is 13.1. The van der Waals surface area contributed by atoms with Gasteiger partial charge in [0, 0.05) is 6.42 Å². The number of carbonyl (C=O) groups excluding carboxylic acids is 2. The molecule has 0 aliphatic rings. The Kier molecular flexibility index (Phi) is 12.1. The molecule has 0 saturated carbocycles. The summed E-state index contributed by atoms with van der Waals surface area (Å²) in [6.07, 6.45) is 11.6. The fourth-order valence-corrected chi connectivity index (χ4v) is 2.02. The SMILES string of the molecule is CCCCCCCCCCCC(=O)N[C@@H](C)C(=O)Cl. The maximum absolute atomic E-state index is 11.4. The minimum absolute atomic E-state index is 0.0792. The largest absolute Gasteiger partial charge is 0.345 e. The molecule has 1 N–H and O–H groups in total. The number of hydrogen-bond donors (Lipinski definition) is 1. The highest BCUT2D eigenvalue weighted by molar-refractivity contribution is 6.64. The number of carbonyl (C=O) groups is 2. The predicted molar refractivity (Wildman–Crippen MR) is 80.3 cm³/mol. The van der Waals surface area contributed by atoms with Crippen molar-refractivity contribution in [3.05, 3.63) is 0 Å². The monoisotopic (exact) mass is 289 g/mol. The molecule has 4 heteroatoms. The van der Waals surface area contributed by atoms with E-state index in [1.165, 1.54) is 44.9 Å². The van der Waals surface area contributed by atoms with Crippen molar-refractivity contribution in [2.24, 2.45) is 0 Å². The van der Waals surface area contributed by atoms with Crippen LogP contribution in [0.4, 0.5) is 0 Å². The van der Waals surface area contributed by atoms with Crippen LogP contribution < -0.4 is 5.32 Å². The first kappa shape index (κ1) is 18.4. The second-order valence-corrected chi connectivity index (χ2v) is 5.54. The van der Waals surface area contributed by atoms with E-state index in [-0.39, 0.29) is 5.91 Å². The Bertz CT molecular complexity index is 257. The van der Waals surface area contributed by atoms with E-state index in [9.17, 15) is 9.59 Å². The van der Waals surface area contributed by atoms with Gasteiger partial charge in [0.1, 0.15) is 6.04 Å². The Balaban J connectivity index is 3.30. The number of amides is 1. The van der Waals surface area contributed by atoms with Gasteiger partial charge in [0.15, 0.2) is 0 Å². The van der Waals surface area contributed by atoms with E-state index in [0.29, 0.717) is 6.42 Å². The molecule has 3 nitrogen and oxygen atoms in total. The van der Waals surface area contributed by atoms with Crippen LogP contribution in [0.15, 0.2) is 0 Å². The van der Waals surface area contributed by atoms with E-state index in [4.69, 9.17) is 11.6 Å². The van der Waals surface area contributed by atoms with Gasteiger partial charge in [-0.1, -0.05) is 58.3 Å². The molecule has 0 fully saturated rings. The standard InChI is InChI=1S/C15H28ClNO2/c1-3-4-5-6-7-8-9-10-11-12-14(18)17-13(2)15(16)19/h13H,3-12H2,1-2H3,(H,17,18)/t13-/m0/s1. The van der Waals surface area contributed by atoms with E-state index in [0.717, 1.165) is 12.8 Å². The summed E-state index contributed by atoms with van der Waals surface area (Å²) in [6, 6.07) is -0.576. The maximum atomic E-state index is 11.4. The third kappa shape index (κ3) is 12.2. The van der Waals surface area contributed by atoms with Gasteiger partial charge in [0.05, 0.1) is 0 Å². The topological polar surface area (TPSA) is 46.2 Å². The van der Waals surface area contributed by atoms with Crippen molar-refractivity contribution in [2.45, 2.75) is 84.1 Å². The van der Waals surface area contributed by atoms with Crippen molar-refractivity contribution in [1.82, 2.24) is 5.32 Å². The number of halogens is 1. The number of hydrogen-bond acceptors (Lipinski definition) is 2. The molecular formula is C15H28ClNO2. The highest BCUT2D eigenvalue weighted by Gasteiger charge is 2.12. The molecule has 0 heterocycles. The van der Waals surface area contributed by atoms with Gasteiger partial charge in [-0.05, 0) is 24.9 Å². The van der Waals surface area contributed by atoms with Gasteiger partial charge >= 0.3 is 0 Å². The maximum Gasteiger partial charge on any atom is 0.243 e. The highest BCUT2D eigenvalue weighted by Crippen LogP contribution is 2.10. The molecule has 1 amide bonds. The lowest BCUT2D eigenvalue weighted by Crippen LogP contribution is -2.36. The van der Waals surface area contributed by atoms with Gasteiger partial charge in [0.2, 0.25) is 11.1 Å². The zero-order chi connectivity index (χ0) is 14.5. The molecule has 0 rings (SSSR count). The van der Waals surface area contributed by atoms with Gasteiger partial charge < -0.3 is 5.32 Å². The second-order valence-electron chi connectivity index (χ2n) is 5.17. The Morgan fingerprint density at radius 3 is 1.89 bits per heavy atom. The number of rotatable bonds is 12. The molecular weight excluding hydrogens is 262 g/mol. The fraction of sp³-hybridized carbons (Fsp3) is 0.867. The third-order valence-corrected chi connectivity index (χ3v) is 3.55. The van der Waals surface area contributed by atoms with E-state index in [1.54, 1.807) is 6.92 Å². The van der Waals surface area contributed by atoms with Crippen LogP contribution in [0.5, 0.6) is 0 Å². The quantitative estimate of drug-likeness (QED) is 0.433. The summed E-state index contributed by atoms with van der Waals surface area (Å²) < 4.78 is 0. The van der Waals surface area contributed by atoms with Crippen molar-refractivity contribution < 1.29 is 9.59 Å². The minimum atomic E-state index is -0.576. The normalized spacial score (nSPS) is 12.2. The number of unbranched alkanes of at least 4 members (excludes halogenated alkanes) is 8. The van der Waals surface area contributed by atoms with E-state index in [2.05, 4.69) is 12.2 Å². The number of nitrogens with one attached hydrogen (secondary N) is 1.